The number of rotatable bonds is 2. The van der Waals surface area contributed by atoms with E-state index in [-0.39, 0.29) is 11.9 Å². The van der Waals surface area contributed by atoms with Gasteiger partial charge in [0, 0.05) is 0 Å². The van der Waals surface area contributed by atoms with Crippen molar-refractivity contribution in [1.82, 2.24) is 0 Å². The minimum absolute atomic E-state index is 0.155. The van der Waals surface area contributed by atoms with Gasteiger partial charge in [0.25, 0.3) is 0 Å². The lowest BCUT2D eigenvalue weighted by Crippen LogP contribution is -2.12. The number of fused-ring (bicyclic) bond motifs is 1. The number of carbonyl (C=O) groups excluding carboxylic acids is 1. The molecule has 1 atom stereocenters. The number of ether oxygens (including phenoxy) is 1. The first kappa shape index (κ1) is 11.2. The Labute approximate surface area is 96.6 Å². The lowest BCUT2D eigenvalue weighted by atomic mass is 9.88. The van der Waals surface area contributed by atoms with Crippen LogP contribution in [0, 0.1) is 0 Å². The molecule has 0 aromatic heterocycles. The van der Waals surface area contributed by atoms with E-state index in [0.29, 0.717) is 0 Å². The highest BCUT2D eigenvalue weighted by Crippen LogP contribution is 2.25. The molecule has 2 rings (SSSR count). The van der Waals surface area contributed by atoms with Gasteiger partial charge in [-0.15, -0.1) is 0 Å². The molecule has 2 nitrogen and oxygen atoms in total. The number of methoxy groups -OCH3 is 1. The van der Waals surface area contributed by atoms with Gasteiger partial charge in [0.15, 0.2) is 0 Å². The molecule has 0 N–H and O–H groups in total. The van der Waals surface area contributed by atoms with E-state index in [1.807, 2.05) is 6.92 Å². The summed E-state index contributed by atoms with van der Waals surface area (Å²) < 4.78 is 4.77. The van der Waals surface area contributed by atoms with Crippen LogP contribution in [0.5, 0.6) is 0 Å². The van der Waals surface area contributed by atoms with Crippen molar-refractivity contribution in [3.63, 3.8) is 0 Å². The molecule has 2 heteroatoms. The first-order valence-corrected chi connectivity index (χ1v) is 5.92. The molecule has 1 aromatic carbocycles. The van der Waals surface area contributed by atoms with Crippen LogP contribution < -0.4 is 0 Å². The lowest BCUT2D eigenvalue weighted by molar-refractivity contribution is -0.141. The molecule has 1 aliphatic carbocycles. The molecule has 0 saturated carbocycles. The third kappa shape index (κ3) is 2.11. The molecule has 86 valence electrons. The molecule has 0 heterocycles. The highest BCUT2D eigenvalue weighted by molar-refractivity contribution is 5.77. The van der Waals surface area contributed by atoms with Crippen LogP contribution in [0.25, 0.3) is 0 Å². The van der Waals surface area contributed by atoms with Crippen LogP contribution in [0.4, 0.5) is 0 Å². The Morgan fingerprint density at radius 2 is 1.94 bits per heavy atom. The van der Waals surface area contributed by atoms with Crippen LogP contribution in [0.15, 0.2) is 18.2 Å². The van der Waals surface area contributed by atoms with Crippen molar-refractivity contribution in [2.45, 2.75) is 38.5 Å². The molecule has 0 spiro atoms. The summed E-state index contributed by atoms with van der Waals surface area (Å²) in [5, 5.41) is 0. The smallest absolute Gasteiger partial charge is 0.312 e. The zero-order valence-corrected chi connectivity index (χ0v) is 9.95. The molecular weight excluding hydrogens is 200 g/mol. The van der Waals surface area contributed by atoms with Crippen molar-refractivity contribution in [1.29, 1.82) is 0 Å². The third-order valence-electron chi connectivity index (χ3n) is 3.43. The zero-order valence-electron chi connectivity index (χ0n) is 9.95. The van der Waals surface area contributed by atoms with E-state index in [1.54, 1.807) is 0 Å². The zero-order chi connectivity index (χ0) is 11.5. The fraction of sp³-hybridized carbons (Fsp3) is 0.500. The van der Waals surface area contributed by atoms with E-state index in [9.17, 15) is 4.79 Å². The maximum absolute atomic E-state index is 11.5. The molecule has 1 unspecified atom stereocenters. The van der Waals surface area contributed by atoms with Crippen LogP contribution in [0.1, 0.15) is 42.4 Å². The Bertz CT molecular complexity index is 396. The van der Waals surface area contributed by atoms with Crippen molar-refractivity contribution in [2.24, 2.45) is 0 Å². The Morgan fingerprint density at radius 3 is 2.62 bits per heavy atom. The number of aryl methyl sites for hydroxylation is 2. The van der Waals surface area contributed by atoms with Crippen molar-refractivity contribution in [3.05, 3.63) is 34.9 Å². The van der Waals surface area contributed by atoms with Gasteiger partial charge in [0.05, 0.1) is 13.0 Å². The Morgan fingerprint density at radius 1 is 1.25 bits per heavy atom. The van der Waals surface area contributed by atoms with Crippen LogP contribution >= 0.6 is 0 Å². The van der Waals surface area contributed by atoms with Gasteiger partial charge >= 0.3 is 5.97 Å². The second-order valence-corrected chi connectivity index (χ2v) is 4.48. The van der Waals surface area contributed by atoms with Crippen LogP contribution in [-0.4, -0.2) is 13.1 Å². The standard InChI is InChI=1S/C14H18O2/c1-10(14(15)16-2)12-8-7-11-5-3-4-6-13(11)9-12/h7-10H,3-6H2,1-2H3. The monoisotopic (exact) mass is 218 g/mol. The van der Waals surface area contributed by atoms with E-state index >= 15 is 0 Å². The number of esters is 1. The number of hydrogen-bond donors (Lipinski definition) is 0. The van der Waals surface area contributed by atoms with Gasteiger partial charge in [-0.1, -0.05) is 18.2 Å². The second-order valence-electron chi connectivity index (χ2n) is 4.48. The molecule has 0 bridgehead atoms. The van der Waals surface area contributed by atoms with Crippen molar-refractivity contribution >= 4 is 5.97 Å². The summed E-state index contributed by atoms with van der Waals surface area (Å²) in [5.41, 5.74) is 3.94. The topological polar surface area (TPSA) is 26.3 Å². The van der Waals surface area contributed by atoms with Crippen LogP contribution in [-0.2, 0) is 22.4 Å². The average molecular weight is 218 g/mol. The highest BCUT2D eigenvalue weighted by atomic mass is 16.5. The van der Waals surface area contributed by atoms with Gasteiger partial charge in [-0.25, -0.2) is 0 Å². The summed E-state index contributed by atoms with van der Waals surface area (Å²) in [5.74, 6) is -0.312. The van der Waals surface area contributed by atoms with E-state index < -0.39 is 0 Å². The van der Waals surface area contributed by atoms with Gasteiger partial charge in [0.2, 0.25) is 0 Å². The maximum atomic E-state index is 11.5. The molecular formula is C14H18O2. The first-order chi connectivity index (χ1) is 7.72. The molecule has 0 aliphatic heterocycles. The van der Waals surface area contributed by atoms with Crippen molar-refractivity contribution in [3.8, 4) is 0 Å². The Balaban J connectivity index is 2.26. The Kier molecular flexibility index (Phi) is 3.28. The summed E-state index contributed by atoms with van der Waals surface area (Å²) in [6.45, 7) is 1.90. The largest absolute Gasteiger partial charge is 0.469 e. The predicted molar refractivity (Wildman–Crippen MR) is 63.5 cm³/mol. The third-order valence-corrected chi connectivity index (χ3v) is 3.43. The molecule has 0 radical (unpaired) electrons. The number of carbonyl (C=O) groups is 1. The maximum Gasteiger partial charge on any atom is 0.312 e. The molecule has 16 heavy (non-hydrogen) atoms. The van der Waals surface area contributed by atoms with Gasteiger partial charge < -0.3 is 4.74 Å². The number of benzene rings is 1. The van der Waals surface area contributed by atoms with Gasteiger partial charge in [-0.3, -0.25) is 4.79 Å². The quantitative estimate of drug-likeness (QED) is 0.713. The minimum Gasteiger partial charge on any atom is -0.469 e. The van der Waals surface area contributed by atoms with Crippen molar-refractivity contribution in [2.75, 3.05) is 7.11 Å². The second kappa shape index (κ2) is 4.69. The predicted octanol–water partition coefficient (Wildman–Crippen LogP) is 2.84. The molecule has 1 aromatic rings. The minimum atomic E-state index is -0.157. The van der Waals surface area contributed by atoms with Gasteiger partial charge in [-0.2, -0.15) is 0 Å². The summed E-state index contributed by atoms with van der Waals surface area (Å²) >= 11 is 0. The van der Waals surface area contributed by atoms with Crippen molar-refractivity contribution < 1.29 is 9.53 Å². The van der Waals surface area contributed by atoms with Gasteiger partial charge in [0.1, 0.15) is 0 Å². The molecule has 0 fully saturated rings. The van der Waals surface area contributed by atoms with E-state index in [2.05, 4.69) is 18.2 Å². The van der Waals surface area contributed by atoms with E-state index in [0.717, 1.165) is 12.0 Å². The summed E-state index contributed by atoms with van der Waals surface area (Å²) in [6.07, 6.45) is 4.89. The summed E-state index contributed by atoms with van der Waals surface area (Å²) in [6, 6.07) is 6.41. The van der Waals surface area contributed by atoms with Crippen LogP contribution in [0.3, 0.4) is 0 Å². The molecule has 0 amide bonds. The normalized spacial score (nSPS) is 16.4. The highest BCUT2D eigenvalue weighted by Gasteiger charge is 2.17. The molecule has 0 saturated heterocycles. The molecule has 1 aliphatic rings. The lowest BCUT2D eigenvalue weighted by Gasteiger charge is -2.18. The fourth-order valence-corrected chi connectivity index (χ4v) is 2.34. The fourth-order valence-electron chi connectivity index (χ4n) is 2.34. The van der Waals surface area contributed by atoms with E-state index in [1.165, 1.54) is 37.5 Å². The Hall–Kier alpha value is -1.31. The van der Waals surface area contributed by atoms with Gasteiger partial charge in [-0.05, 0) is 49.3 Å². The van der Waals surface area contributed by atoms with Crippen LogP contribution in [0.2, 0.25) is 0 Å². The average Bonchev–Trinajstić information content (AvgIpc) is 2.36. The SMILES string of the molecule is COC(=O)C(C)c1ccc2c(c1)CCCC2. The summed E-state index contributed by atoms with van der Waals surface area (Å²) in [4.78, 5) is 11.5. The summed E-state index contributed by atoms with van der Waals surface area (Å²) in [7, 11) is 1.44. The first-order valence-electron chi connectivity index (χ1n) is 5.92. The number of hydrogen-bond acceptors (Lipinski definition) is 2. The van der Waals surface area contributed by atoms with E-state index in [4.69, 9.17) is 4.74 Å².